The second-order valence-electron chi connectivity index (χ2n) is 8.33. The van der Waals surface area contributed by atoms with Crippen LogP contribution in [0.2, 0.25) is 0 Å². The summed E-state index contributed by atoms with van der Waals surface area (Å²) in [5.41, 5.74) is 3.19. The fraction of sp³-hybridized carbons (Fsp3) is 0.269. The number of hydrogen-bond donors (Lipinski definition) is 0. The van der Waals surface area contributed by atoms with E-state index < -0.39 is 10.0 Å². The Bertz CT molecular complexity index is 1230. The van der Waals surface area contributed by atoms with Gasteiger partial charge in [0.15, 0.2) is 0 Å². The van der Waals surface area contributed by atoms with Crippen molar-refractivity contribution in [1.29, 1.82) is 0 Å². The summed E-state index contributed by atoms with van der Waals surface area (Å²) in [5.74, 6) is -0.0834. The molecule has 3 rings (SSSR count). The third-order valence-electron chi connectivity index (χ3n) is 5.57. The Morgan fingerprint density at radius 1 is 0.824 bits per heavy atom. The third kappa shape index (κ3) is 5.76. The van der Waals surface area contributed by atoms with Crippen LogP contribution >= 0.6 is 0 Å². The molecule has 7 nitrogen and oxygen atoms in total. The predicted molar refractivity (Wildman–Crippen MR) is 135 cm³/mol. The van der Waals surface area contributed by atoms with Crippen LogP contribution in [0.25, 0.3) is 0 Å². The second-order valence-corrected chi connectivity index (χ2v) is 10.3. The van der Waals surface area contributed by atoms with Gasteiger partial charge >= 0.3 is 0 Å². The number of carbonyl (C=O) groups is 1. The largest absolute Gasteiger partial charge is 0.495 e. The van der Waals surface area contributed by atoms with Crippen LogP contribution < -0.4 is 9.64 Å². The average Bonchev–Trinajstić information content (AvgIpc) is 2.84. The number of hydrogen-bond acceptors (Lipinski definition) is 5. The second kappa shape index (κ2) is 10.7. The molecule has 0 aromatic heterocycles. The lowest BCUT2D eigenvalue weighted by Gasteiger charge is -2.21. The minimum atomic E-state index is -3.90. The van der Waals surface area contributed by atoms with Crippen molar-refractivity contribution in [3.8, 4) is 5.75 Å². The van der Waals surface area contributed by atoms with Crippen LogP contribution in [0, 0.1) is 0 Å². The Hall–Kier alpha value is -3.36. The molecule has 0 saturated heterocycles. The Balaban J connectivity index is 1.83. The van der Waals surface area contributed by atoms with Crippen LogP contribution in [-0.2, 0) is 23.1 Å². The maximum absolute atomic E-state index is 13.4. The van der Waals surface area contributed by atoms with E-state index in [4.69, 9.17) is 4.74 Å². The zero-order valence-electron chi connectivity index (χ0n) is 20.2. The van der Waals surface area contributed by atoms with Gasteiger partial charge in [-0.25, -0.2) is 8.42 Å². The van der Waals surface area contributed by atoms with Crippen LogP contribution in [0.15, 0.2) is 77.7 Å². The van der Waals surface area contributed by atoms with E-state index in [9.17, 15) is 13.2 Å². The molecule has 34 heavy (non-hydrogen) atoms. The molecule has 0 heterocycles. The zero-order chi connectivity index (χ0) is 24.9. The van der Waals surface area contributed by atoms with E-state index in [0.29, 0.717) is 6.54 Å². The van der Waals surface area contributed by atoms with Gasteiger partial charge in [-0.05, 0) is 41.5 Å². The van der Waals surface area contributed by atoms with Crippen molar-refractivity contribution < 1.29 is 17.9 Å². The minimum absolute atomic E-state index is 0.0389. The van der Waals surface area contributed by atoms with E-state index >= 15 is 0 Å². The number of anilines is 1. The lowest BCUT2D eigenvalue weighted by molar-refractivity contribution is 0.0785. The fourth-order valence-corrected chi connectivity index (χ4v) is 4.91. The summed E-state index contributed by atoms with van der Waals surface area (Å²) >= 11 is 0. The molecule has 0 fully saturated rings. The molecule has 0 aliphatic rings. The molecule has 0 unspecified atom stereocenters. The number of ether oxygens (including phenoxy) is 1. The van der Waals surface area contributed by atoms with Crippen LogP contribution in [0.1, 0.15) is 21.5 Å². The van der Waals surface area contributed by atoms with E-state index in [1.807, 2.05) is 73.6 Å². The first kappa shape index (κ1) is 25.3. The lowest BCUT2D eigenvalue weighted by atomic mass is 10.1. The molecule has 1 amide bonds. The predicted octanol–water partition coefficient (Wildman–Crippen LogP) is 3.85. The molecular weight excluding hydrogens is 450 g/mol. The molecule has 0 radical (unpaired) electrons. The van der Waals surface area contributed by atoms with Gasteiger partial charge in [-0.15, -0.1) is 0 Å². The highest BCUT2D eigenvalue weighted by atomic mass is 32.2. The third-order valence-corrected chi connectivity index (χ3v) is 7.39. The SMILES string of the molecule is COc1ccc(C(=O)N(C)Cc2ccc(N(C)C)cc2)cc1S(=O)(=O)N(C)Cc1ccccc1. The van der Waals surface area contributed by atoms with Crippen molar-refractivity contribution in [2.45, 2.75) is 18.0 Å². The quantitative estimate of drug-likeness (QED) is 0.464. The molecule has 0 bridgehead atoms. The highest BCUT2D eigenvalue weighted by molar-refractivity contribution is 7.89. The Morgan fingerprint density at radius 3 is 2.03 bits per heavy atom. The van der Waals surface area contributed by atoms with E-state index in [1.165, 1.54) is 30.6 Å². The number of rotatable bonds is 9. The smallest absolute Gasteiger partial charge is 0.253 e. The van der Waals surface area contributed by atoms with Crippen LogP contribution in [0.5, 0.6) is 5.75 Å². The number of nitrogens with zero attached hydrogens (tertiary/aromatic N) is 3. The topological polar surface area (TPSA) is 70.2 Å². The molecule has 8 heteroatoms. The molecule has 0 aliphatic carbocycles. The van der Waals surface area contributed by atoms with Crippen LogP contribution in [-0.4, -0.2) is 58.8 Å². The van der Waals surface area contributed by atoms with Gasteiger partial charge in [0.25, 0.3) is 5.91 Å². The normalized spacial score (nSPS) is 11.4. The number of carbonyl (C=O) groups excluding carboxylic acids is 1. The highest BCUT2D eigenvalue weighted by Crippen LogP contribution is 2.29. The number of methoxy groups -OCH3 is 1. The summed E-state index contributed by atoms with van der Waals surface area (Å²) < 4.78 is 33.3. The molecule has 0 aliphatic heterocycles. The molecular formula is C26H31N3O4S. The van der Waals surface area contributed by atoms with Gasteiger partial charge in [0, 0.05) is 52.5 Å². The van der Waals surface area contributed by atoms with Crippen molar-refractivity contribution in [1.82, 2.24) is 9.21 Å². The zero-order valence-corrected chi connectivity index (χ0v) is 21.0. The highest BCUT2D eigenvalue weighted by Gasteiger charge is 2.27. The van der Waals surface area contributed by atoms with E-state index in [2.05, 4.69) is 0 Å². The summed E-state index contributed by atoms with van der Waals surface area (Å²) in [6.45, 7) is 0.599. The first-order valence-corrected chi connectivity index (χ1v) is 12.3. The van der Waals surface area contributed by atoms with Crippen molar-refractivity contribution in [2.75, 3.05) is 40.2 Å². The monoisotopic (exact) mass is 481 g/mol. The molecule has 3 aromatic carbocycles. The molecule has 0 N–H and O–H groups in total. The Labute approximate surface area is 202 Å². The minimum Gasteiger partial charge on any atom is -0.495 e. The fourth-order valence-electron chi connectivity index (χ4n) is 3.57. The summed E-state index contributed by atoms with van der Waals surface area (Å²) in [6, 6.07) is 21.8. The van der Waals surface area contributed by atoms with Gasteiger partial charge < -0.3 is 14.5 Å². The van der Waals surface area contributed by atoms with Crippen molar-refractivity contribution in [2.24, 2.45) is 0 Å². The standard InChI is InChI=1S/C26H31N3O4S/c1-27(2)23-14-11-21(12-15-23)18-28(3)26(30)22-13-16-24(33-5)25(17-22)34(31,32)29(4)19-20-9-7-6-8-10-20/h6-17H,18-19H2,1-5H3. The summed E-state index contributed by atoms with van der Waals surface area (Å²) in [5, 5.41) is 0. The van der Waals surface area contributed by atoms with E-state index in [1.54, 1.807) is 18.0 Å². The lowest BCUT2D eigenvalue weighted by Crippen LogP contribution is -2.28. The number of benzene rings is 3. The molecule has 0 atom stereocenters. The molecule has 3 aromatic rings. The molecule has 0 spiro atoms. The van der Waals surface area contributed by atoms with Crippen molar-refractivity contribution in [3.05, 3.63) is 89.5 Å². The van der Waals surface area contributed by atoms with Gasteiger partial charge in [-0.3, -0.25) is 4.79 Å². The van der Waals surface area contributed by atoms with Gasteiger partial charge in [0.05, 0.1) is 7.11 Å². The first-order chi connectivity index (χ1) is 16.1. The van der Waals surface area contributed by atoms with Crippen LogP contribution in [0.4, 0.5) is 5.69 Å². The van der Waals surface area contributed by atoms with E-state index in [0.717, 1.165) is 16.8 Å². The van der Waals surface area contributed by atoms with Gasteiger partial charge in [0.1, 0.15) is 10.6 Å². The van der Waals surface area contributed by atoms with Crippen molar-refractivity contribution >= 4 is 21.6 Å². The van der Waals surface area contributed by atoms with E-state index in [-0.39, 0.29) is 28.7 Å². The Morgan fingerprint density at radius 2 is 1.44 bits per heavy atom. The first-order valence-electron chi connectivity index (χ1n) is 10.8. The van der Waals surface area contributed by atoms with Gasteiger partial charge in [-0.2, -0.15) is 4.31 Å². The van der Waals surface area contributed by atoms with Crippen molar-refractivity contribution in [3.63, 3.8) is 0 Å². The number of amides is 1. The average molecular weight is 482 g/mol. The Kier molecular flexibility index (Phi) is 7.96. The maximum atomic E-state index is 13.4. The van der Waals surface area contributed by atoms with Crippen LogP contribution in [0.3, 0.4) is 0 Å². The summed E-state index contributed by atoms with van der Waals surface area (Å²) in [7, 11) is 4.66. The molecule has 0 saturated carbocycles. The maximum Gasteiger partial charge on any atom is 0.253 e. The van der Waals surface area contributed by atoms with Gasteiger partial charge in [-0.1, -0.05) is 42.5 Å². The summed E-state index contributed by atoms with van der Waals surface area (Å²) in [6.07, 6.45) is 0. The number of sulfonamides is 1. The summed E-state index contributed by atoms with van der Waals surface area (Å²) in [4.78, 5) is 16.7. The molecule has 180 valence electrons. The van der Waals surface area contributed by atoms with Gasteiger partial charge in [0.2, 0.25) is 10.0 Å².